The van der Waals surface area contributed by atoms with Crippen molar-refractivity contribution in [1.29, 1.82) is 0 Å². The molecule has 0 saturated carbocycles. The van der Waals surface area contributed by atoms with Crippen LogP contribution in [0.5, 0.6) is 0 Å². The van der Waals surface area contributed by atoms with E-state index in [4.69, 9.17) is 4.74 Å². The summed E-state index contributed by atoms with van der Waals surface area (Å²) >= 11 is 0. The Balaban J connectivity index is 2.46. The lowest BCUT2D eigenvalue weighted by Gasteiger charge is -2.34. The minimum Gasteiger partial charge on any atom is -0.389 e. The molecule has 16 heavy (non-hydrogen) atoms. The molecule has 0 aromatic rings. The molecule has 90 valence electrons. The summed E-state index contributed by atoms with van der Waals surface area (Å²) in [6, 6.07) is 0. The van der Waals surface area contributed by atoms with E-state index in [1.807, 2.05) is 13.8 Å². The number of rotatable bonds is 2. The number of aliphatic hydroxyl groups is 1. The minimum atomic E-state index is -1.18. The fourth-order valence-electron chi connectivity index (χ4n) is 2.84. The van der Waals surface area contributed by atoms with E-state index in [1.54, 1.807) is 6.92 Å². The molecule has 2 heterocycles. The number of aliphatic hydroxyl groups excluding tert-OH is 1. The third kappa shape index (κ3) is 1.13. The number of hydrogen-bond acceptors (Lipinski definition) is 4. The summed E-state index contributed by atoms with van der Waals surface area (Å²) in [6.07, 6.45) is -0.724. The summed E-state index contributed by atoms with van der Waals surface area (Å²) in [5.41, 5.74) is -1.18. The van der Waals surface area contributed by atoms with Crippen LogP contribution in [0.25, 0.3) is 0 Å². The quantitative estimate of drug-likeness (QED) is 0.662. The fourth-order valence-corrected chi connectivity index (χ4v) is 2.84. The highest BCUT2D eigenvalue weighted by Crippen LogP contribution is 2.43. The molecule has 1 amide bonds. The van der Waals surface area contributed by atoms with Gasteiger partial charge in [0.25, 0.3) is 0 Å². The minimum absolute atomic E-state index is 0.0722. The van der Waals surface area contributed by atoms with Crippen LogP contribution in [0, 0.1) is 11.8 Å². The topological polar surface area (TPSA) is 66.8 Å². The van der Waals surface area contributed by atoms with E-state index in [9.17, 15) is 14.7 Å². The second-order valence-electron chi connectivity index (χ2n) is 4.97. The van der Waals surface area contributed by atoms with Gasteiger partial charge < -0.3 is 19.5 Å². The van der Waals surface area contributed by atoms with Crippen LogP contribution in [0.1, 0.15) is 20.8 Å². The highest BCUT2D eigenvalue weighted by atomic mass is 16.5. The Morgan fingerprint density at radius 1 is 1.62 bits per heavy atom. The maximum absolute atomic E-state index is 11.9. The average Bonchev–Trinajstić information content (AvgIpc) is 2.72. The first-order valence-electron chi connectivity index (χ1n) is 5.54. The first-order valence-corrected chi connectivity index (χ1v) is 5.54. The molecule has 0 bridgehead atoms. The number of nitrogens with zero attached hydrogens (tertiary/aromatic N) is 1. The summed E-state index contributed by atoms with van der Waals surface area (Å²) in [5.74, 6) is -0.666. The summed E-state index contributed by atoms with van der Waals surface area (Å²) < 4.78 is 5.48. The molecule has 0 spiro atoms. The Hall–Kier alpha value is -0.940. The number of carbonyl (C=O) groups is 2. The number of fused-ring (bicyclic) bond motifs is 1. The molecule has 0 aliphatic carbocycles. The van der Waals surface area contributed by atoms with Gasteiger partial charge in [-0.1, -0.05) is 20.8 Å². The van der Waals surface area contributed by atoms with Crippen molar-refractivity contribution in [3.63, 3.8) is 0 Å². The van der Waals surface area contributed by atoms with Crippen molar-refractivity contribution >= 4 is 12.2 Å². The van der Waals surface area contributed by atoms with Gasteiger partial charge in [-0.05, 0) is 5.92 Å². The van der Waals surface area contributed by atoms with Gasteiger partial charge in [0.1, 0.15) is 6.73 Å². The zero-order valence-corrected chi connectivity index (χ0v) is 9.71. The summed E-state index contributed by atoms with van der Waals surface area (Å²) in [4.78, 5) is 24.6. The molecule has 2 fully saturated rings. The highest BCUT2D eigenvalue weighted by Gasteiger charge is 2.65. The van der Waals surface area contributed by atoms with E-state index in [1.165, 1.54) is 4.90 Å². The van der Waals surface area contributed by atoms with Crippen LogP contribution in [-0.2, 0) is 14.3 Å². The number of ether oxygens (including phenoxy) is 1. The number of hydrogen-bond donors (Lipinski definition) is 1. The van der Waals surface area contributed by atoms with E-state index in [0.29, 0.717) is 6.29 Å². The van der Waals surface area contributed by atoms with Crippen molar-refractivity contribution in [3.8, 4) is 0 Å². The number of amides is 1. The highest BCUT2D eigenvalue weighted by molar-refractivity contribution is 5.90. The van der Waals surface area contributed by atoms with Gasteiger partial charge in [0.2, 0.25) is 5.91 Å². The molecule has 2 aliphatic rings. The zero-order valence-electron chi connectivity index (χ0n) is 9.71. The van der Waals surface area contributed by atoms with E-state index in [2.05, 4.69) is 0 Å². The van der Waals surface area contributed by atoms with Gasteiger partial charge in [-0.3, -0.25) is 4.79 Å². The van der Waals surface area contributed by atoms with Crippen LogP contribution in [0.4, 0.5) is 0 Å². The number of aldehydes is 1. The monoisotopic (exact) mass is 227 g/mol. The third-order valence-electron chi connectivity index (χ3n) is 3.70. The van der Waals surface area contributed by atoms with Crippen LogP contribution < -0.4 is 0 Å². The zero-order chi connectivity index (χ0) is 12.1. The lowest BCUT2D eigenvalue weighted by Crippen LogP contribution is -2.57. The Labute approximate surface area is 94.4 Å². The molecule has 0 unspecified atom stereocenters. The van der Waals surface area contributed by atoms with Crippen LogP contribution in [-0.4, -0.2) is 46.7 Å². The van der Waals surface area contributed by atoms with Crippen LogP contribution in [0.15, 0.2) is 0 Å². The molecular weight excluding hydrogens is 210 g/mol. The second kappa shape index (κ2) is 3.53. The maximum Gasteiger partial charge on any atom is 0.230 e. The van der Waals surface area contributed by atoms with Gasteiger partial charge in [-0.2, -0.15) is 0 Å². The predicted molar refractivity (Wildman–Crippen MR) is 55.4 cm³/mol. The van der Waals surface area contributed by atoms with Crippen molar-refractivity contribution in [2.24, 2.45) is 11.8 Å². The first kappa shape index (κ1) is 11.5. The average molecular weight is 227 g/mol. The Kier molecular flexibility index (Phi) is 2.55. The van der Waals surface area contributed by atoms with Crippen molar-refractivity contribution < 1.29 is 19.4 Å². The SMILES string of the molecule is CC(C)[C@@H]1OCN2C(=O)[C@H](C)[C@@H](O)[C@@]12C=O. The van der Waals surface area contributed by atoms with Crippen molar-refractivity contribution in [2.75, 3.05) is 6.73 Å². The van der Waals surface area contributed by atoms with E-state index in [-0.39, 0.29) is 18.6 Å². The molecule has 0 aromatic carbocycles. The van der Waals surface area contributed by atoms with Gasteiger partial charge in [-0.15, -0.1) is 0 Å². The van der Waals surface area contributed by atoms with Gasteiger partial charge >= 0.3 is 0 Å². The predicted octanol–water partition coefficient (Wildman–Crippen LogP) is -0.224. The summed E-state index contributed by atoms with van der Waals surface area (Å²) in [5, 5.41) is 10.1. The lowest BCUT2D eigenvalue weighted by atomic mass is 9.81. The smallest absolute Gasteiger partial charge is 0.230 e. The molecule has 0 aromatic heterocycles. The molecule has 2 rings (SSSR count). The summed E-state index contributed by atoms with van der Waals surface area (Å²) in [6.45, 7) is 5.58. The van der Waals surface area contributed by atoms with Crippen LogP contribution in [0.3, 0.4) is 0 Å². The first-order chi connectivity index (χ1) is 7.46. The molecule has 0 radical (unpaired) electrons. The van der Waals surface area contributed by atoms with Gasteiger partial charge in [0.05, 0.1) is 18.1 Å². The normalized spacial score (nSPS) is 42.9. The standard InChI is InChI=1S/C11H17NO4/c1-6(2)9-11(4-13)8(14)7(3)10(15)12(11)5-16-9/h4,6-9,14H,5H2,1-3H3/t7-,8-,9+,11+/m1/s1. The summed E-state index contributed by atoms with van der Waals surface area (Å²) in [7, 11) is 0. The second-order valence-corrected chi connectivity index (χ2v) is 4.97. The molecular formula is C11H17NO4. The molecule has 2 saturated heterocycles. The molecule has 4 atom stereocenters. The molecule has 5 heteroatoms. The number of carbonyl (C=O) groups excluding carboxylic acids is 2. The largest absolute Gasteiger partial charge is 0.389 e. The van der Waals surface area contributed by atoms with E-state index < -0.39 is 23.7 Å². The third-order valence-corrected chi connectivity index (χ3v) is 3.70. The Morgan fingerprint density at radius 3 is 2.75 bits per heavy atom. The fraction of sp³-hybridized carbons (Fsp3) is 0.818. The van der Waals surface area contributed by atoms with Gasteiger partial charge in [-0.25, -0.2) is 0 Å². The maximum atomic E-state index is 11.9. The van der Waals surface area contributed by atoms with E-state index >= 15 is 0 Å². The molecule has 1 N–H and O–H groups in total. The van der Waals surface area contributed by atoms with Crippen molar-refractivity contribution in [1.82, 2.24) is 4.90 Å². The van der Waals surface area contributed by atoms with Gasteiger partial charge in [0, 0.05) is 0 Å². The van der Waals surface area contributed by atoms with Crippen LogP contribution in [0.2, 0.25) is 0 Å². The van der Waals surface area contributed by atoms with Gasteiger partial charge in [0.15, 0.2) is 11.8 Å². The Bertz CT molecular complexity index is 330. The lowest BCUT2D eigenvalue weighted by molar-refractivity contribution is -0.135. The molecule has 5 nitrogen and oxygen atoms in total. The Morgan fingerprint density at radius 2 is 2.25 bits per heavy atom. The van der Waals surface area contributed by atoms with Crippen molar-refractivity contribution in [3.05, 3.63) is 0 Å². The van der Waals surface area contributed by atoms with E-state index in [0.717, 1.165) is 0 Å². The molecule has 2 aliphatic heterocycles. The van der Waals surface area contributed by atoms with Crippen molar-refractivity contribution in [2.45, 2.75) is 38.5 Å². The van der Waals surface area contributed by atoms with Crippen LogP contribution >= 0.6 is 0 Å².